The molecule has 1 saturated heterocycles. The van der Waals surface area contributed by atoms with Crippen LogP contribution < -0.4 is 5.32 Å². The Morgan fingerprint density at radius 3 is 2.78 bits per heavy atom. The number of amides is 2. The second kappa shape index (κ2) is 9.11. The topological polar surface area (TPSA) is 50.8 Å². The van der Waals surface area contributed by atoms with Crippen LogP contribution in [0, 0.1) is 5.92 Å². The molecule has 0 bridgehead atoms. The molecule has 1 aliphatic heterocycles. The molecule has 6 heteroatoms. The highest BCUT2D eigenvalue weighted by Crippen LogP contribution is 2.24. The number of halogens is 1. The molecule has 0 aromatic heterocycles. The molecule has 2 rings (SSSR count). The predicted molar refractivity (Wildman–Crippen MR) is 90.8 cm³/mol. The highest BCUT2D eigenvalue weighted by Gasteiger charge is 2.20. The van der Waals surface area contributed by atoms with Gasteiger partial charge in [0.2, 0.25) is 0 Å². The molecule has 2 amide bonds. The lowest BCUT2D eigenvalue weighted by Crippen LogP contribution is -2.42. The highest BCUT2D eigenvalue weighted by atomic mass is 35.5. The van der Waals surface area contributed by atoms with E-state index < -0.39 is 0 Å². The van der Waals surface area contributed by atoms with Gasteiger partial charge >= 0.3 is 6.03 Å². The van der Waals surface area contributed by atoms with Crippen LogP contribution in [0.4, 0.5) is 4.79 Å². The fraction of sp³-hybridized carbons (Fsp3) is 0.588. The van der Waals surface area contributed by atoms with Gasteiger partial charge in [-0.05, 0) is 24.8 Å². The average Bonchev–Trinajstić information content (AvgIpc) is 2.57. The van der Waals surface area contributed by atoms with E-state index in [0.29, 0.717) is 17.5 Å². The number of rotatable bonds is 6. The molecule has 0 radical (unpaired) electrons. The first-order valence-electron chi connectivity index (χ1n) is 7.95. The summed E-state index contributed by atoms with van der Waals surface area (Å²) in [6.07, 6.45) is 1.76. The van der Waals surface area contributed by atoms with Gasteiger partial charge in [-0.3, -0.25) is 0 Å². The van der Waals surface area contributed by atoms with Gasteiger partial charge in [0.1, 0.15) is 6.10 Å². The van der Waals surface area contributed by atoms with Crippen molar-refractivity contribution in [3.05, 3.63) is 34.9 Å². The number of hydrogen-bond donors (Lipinski definition) is 1. The normalized spacial score (nSPS) is 16.8. The summed E-state index contributed by atoms with van der Waals surface area (Å²) in [4.78, 5) is 14.0. The molecule has 0 unspecified atom stereocenters. The minimum absolute atomic E-state index is 0.0920. The van der Waals surface area contributed by atoms with Crippen molar-refractivity contribution < 1.29 is 14.3 Å². The van der Waals surface area contributed by atoms with Gasteiger partial charge in [-0.2, -0.15) is 0 Å². The van der Waals surface area contributed by atoms with Gasteiger partial charge in [0.15, 0.2) is 0 Å². The van der Waals surface area contributed by atoms with E-state index in [1.54, 1.807) is 12.0 Å². The van der Waals surface area contributed by atoms with Gasteiger partial charge < -0.3 is 19.7 Å². The lowest BCUT2D eigenvalue weighted by Gasteiger charge is -2.28. The fourth-order valence-corrected chi connectivity index (χ4v) is 3.03. The van der Waals surface area contributed by atoms with Crippen molar-refractivity contribution in [2.75, 3.05) is 40.5 Å². The van der Waals surface area contributed by atoms with E-state index in [9.17, 15) is 4.79 Å². The zero-order valence-electron chi connectivity index (χ0n) is 13.8. The molecule has 0 aliphatic carbocycles. The summed E-state index contributed by atoms with van der Waals surface area (Å²) in [7, 11) is 3.44. The minimum atomic E-state index is -0.260. The second-order valence-electron chi connectivity index (χ2n) is 5.87. The van der Waals surface area contributed by atoms with Crippen molar-refractivity contribution in [2.24, 2.45) is 5.92 Å². The molecule has 0 saturated carbocycles. The fourth-order valence-electron chi connectivity index (χ4n) is 2.77. The van der Waals surface area contributed by atoms with Gasteiger partial charge in [-0.15, -0.1) is 0 Å². The molecule has 1 N–H and O–H groups in total. The SMILES string of the molecule is CO[C@H](CNC(=O)N(C)CC1CCOCC1)c1ccccc1Cl. The number of benzene rings is 1. The molecule has 1 fully saturated rings. The Labute approximate surface area is 142 Å². The van der Waals surface area contributed by atoms with Crippen LogP contribution >= 0.6 is 11.6 Å². The van der Waals surface area contributed by atoms with Crippen LogP contribution in [0.5, 0.6) is 0 Å². The number of methoxy groups -OCH3 is 1. The largest absolute Gasteiger partial charge is 0.381 e. The third-order valence-electron chi connectivity index (χ3n) is 4.19. The highest BCUT2D eigenvalue weighted by molar-refractivity contribution is 6.31. The average molecular weight is 341 g/mol. The molecular weight excluding hydrogens is 316 g/mol. The first-order valence-corrected chi connectivity index (χ1v) is 8.33. The van der Waals surface area contributed by atoms with Gasteiger partial charge in [-0.1, -0.05) is 29.8 Å². The zero-order chi connectivity index (χ0) is 16.7. The van der Waals surface area contributed by atoms with Crippen molar-refractivity contribution in [3.63, 3.8) is 0 Å². The number of urea groups is 1. The Morgan fingerprint density at radius 1 is 1.43 bits per heavy atom. The second-order valence-corrected chi connectivity index (χ2v) is 6.28. The van der Waals surface area contributed by atoms with E-state index in [-0.39, 0.29) is 12.1 Å². The first kappa shape index (κ1) is 18.0. The molecule has 1 atom stereocenters. The predicted octanol–water partition coefficient (Wildman–Crippen LogP) is 3.10. The Balaban J connectivity index is 1.83. The van der Waals surface area contributed by atoms with Crippen molar-refractivity contribution in [2.45, 2.75) is 18.9 Å². The molecule has 1 aromatic rings. The monoisotopic (exact) mass is 340 g/mol. The van der Waals surface area contributed by atoms with Crippen LogP contribution in [0.2, 0.25) is 5.02 Å². The molecular formula is C17H25ClN2O3. The van der Waals surface area contributed by atoms with Crippen LogP contribution in [-0.2, 0) is 9.47 Å². The van der Waals surface area contributed by atoms with E-state index in [2.05, 4.69) is 5.32 Å². The van der Waals surface area contributed by atoms with Crippen molar-refractivity contribution in [3.8, 4) is 0 Å². The maximum absolute atomic E-state index is 12.2. The summed E-state index contributed by atoms with van der Waals surface area (Å²) in [6.45, 7) is 2.72. The summed E-state index contributed by atoms with van der Waals surface area (Å²) in [6, 6.07) is 7.42. The summed E-state index contributed by atoms with van der Waals surface area (Å²) >= 11 is 6.19. The maximum Gasteiger partial charge on any atom is 0.317 e. The van der Waals surface area contributed by atoms with E-state index in [1.165, 1.54) is 0 Å². The van der Waals surface area contributed by atoms with E-state index in [4.69, 9.17) is 21.1 Å². The number of carbonyl (C=O) groups excluding carboxylic acids is 1. The summed E-state index contributed by atoms with van der Waals surface area (Å²) in [5.74, 6) is 0.515. The smallest absolute Gasteiger partial charge is 0.317 e. The number of hydrogen-bond acceptors (Lipinski definition) is 3. The van der Waals surface area contributed by atoms with E-state index in [1.807, 2.05) is 31.3 Å². The summed E-state index contributed by atoms with van der Waals surface area (Å²) in [5, 5.41) is 3.56. The van der Waals surface area contributed by atoms with Crippen molar-refractivity contribution in [1.29, 1.82) is 0 Å². The molecule has 128 valence electrons. The van der Waals surface area contributed by atoms with Crippen LogP contribution in [-0.4, -0.2) is 51.4 Å². The number of nitrogens with zero attached hydrogens (tertiary/aromatic N) is 1. The summed E-state index contributed by atoms with van der Waals surface area (Å²) in [5.41, 5.74) is 0.879. The quantitative estimate of drug-likeness (QED) is 0.865. The third kappa shape index (κ3) is 5.37. The standard InChI is InChI=1S/C17H25ClN2O3/c1-20(12-13-7-9-23-10-8-13)17(21)19-11-16(22-2)14-5-3-4-6-15(14)18/h3-6,13,16H,7-12H2,1-2H3,(H,19,21)/t16-/m1/s1. The Morgan fingerprint density at radius 2 is 2.13 bits per heavy atom. The Kier molecular flexibility index (Phi) is 7.15. The van der Waals surface area contributed by atoms with Crippen molar-refractivity contribution >= 4 is 17.6 Å². The molecule has 5 nitrogen and oxygen atoms in total. The van der Waals surface area contributed by atoms with Gasteiger partial charge in [0, 0.05) is 51.0 Å². The summed E-state index contributed by atoms with van der Waals surface area (Å²) < 4.78 is 10.8. The van der Waals surface area contributed by atoms with Crippen molar-refractivity contribution in [1.82, 2.24) is 10.2 Å². The molecule has 23 heavy (non-hydrogen) atoms. The number of carbonyl (C=O) groups is 1. The maximum atomic E-state index is 12.2. The number of nitrogens with one attached hydrogen (secondary N) is 1. The lowest BCUT2D eigenvalue weighted by molar-refractivity contribution is 0.0580. The van der Waals surface area contributed by atoms with Crippen LogP contribution in [0.1, 0.15) is 24.5 Å². The van der Waals surface area contributed by atoms with E-state index in [0.717, 1.165) is 38.2 Å². The molecule has 0 spiro atoms. The van der Waals surface area contributed by atoms with Gasteiger partial charge in [-0.25, -0.2) is 4.79 Å². The lowest BCUT2D eigenvalue weighted by atomic mass is 10.00. The van der Waals surface area contributed by atoms with Gasteiger partial charge in [0.05, 0.1) is 0 Å². The van der Waals surface area contributed by atoms with E-state index >= 15 is 0 Å². The van der Waals surface area contributed by atoms with Gasteiger partial charge in [0.25, 0.3) is 0 Å². The zero-order valence-corrected chi connectivity index (χ0v) is 14.5. The Bertz CT molecular complexity index is 506. The molecule has 1 aromatic carbocycles. The van der Waals surface area contributed by atoms with Crippen LogP contribution in [0.15, 0.2) is 24.3 Å². The minimum Gasteiger partial charge on any atom is -0.381 e. The van der Waals surface area contributed by atoms with Crippen LogP contribution in [0.3, 0.4) is 0 Å². The number of ether oxygens (including phenoxy) is 2. The Hall–Kier alpha value is -1.30. The first-order chi connectivity index (χ1) is 11.1. The van der Waals surface area contributed by atoms with Crippen LogP contribution in [0.25, 0.3) is 0 Å². The molecule has 1 heterocycles. The third-order valence-corrected chi connectivity index (χ3v) is 4.54. The molecule has 1 aliphatic rings.